The van der Waals surface area contributed by atoms with Crippen LogP contribution in [0.5, 0.6) is 0 Å². The molecule has 1 aromatic rings. The lowest BCUT2D eigenvalue weighted by Gasteiger charge is -2.27. The van der Waals surface area contributed by atoms with Crippen molar-refractivity contribution in [1.29, 1.82) is 0 Å². The Morgan fingerprint density at radius 1 is 1.29 bits per heavy atom. The third kappa shape index (κ3) is 6.23. The Balaban J connectivity index is 2.38. The molecule has 1 N–H and O–H groups in total. The lowest BCUT2D eigenvalue weighted by molar-refractivity contribution is 0.300. The van der Waals surface area contributed by atoms with Gasteiger partial charge in [-0.25, -0.2) is 0 Å². The van der Waals surface area contributed by atoms with Crippen molar-refractivity contribution >= 4 is 11.3 Å². The van der Waals surface area contributed by atoms with Crippen LogP contribution in [0.25, 0.3) is 0 Å². The van der Waals surface area contributed by atoms with Crippen molar-refractivity contribution in [1.82, 2.24) is 5.32 Å². The Hall–Kier alpha value is -0.340. The van der Waals surface area contributed by atoms with E-state index in [0.29, 0.717) is 0 Å². The second-order valence-electron chi connectivity index (χ2n) is 6.25. The Labute approximate surface area is 111 Å². The van der Waals surface area contributed by atoms with Crippen molar-refractivity contribution in [2.75, 3.05) is 6.54 Å². The zero-order valence-corrected chi connectivity index (χ0v) is 12.7. The maximum absolute atomic E-state index is 3.64. The molecule has 98 valence electrons. The highest BCUT2D eigenvalue weighted by Gasteiger charge is 2.17. The quantitative estimate of drug-likeness (QED) is 0.795. The first kappa shape index (κ1) is 14.7. The van der Waals surface area contributed by atoms with Gasteiger partial charge in [0.25, 0.3) is 0 Å². The van der Waals surface area contributed by atoms with E-state index in [1.54, 1.807) is 0 Å². The van der Waals surface area contributed by atoms with Gasteiger partial charge in [0, 0.05) is 10.4 Å². The van der Waals surface area contributed by atoms with E-state index in [4.69, 9.17) is 0 Å². The van der Waals surface area contributed by atoms with E-state index in [1.807, 2.05) is 11.3 Å². The first-order valence-electron chi connectivity index (χ1n) is 6.66. The van der Waals surface area contributed by atoms with Gasteiger partial charge in [-0.3, -0.25) is 0 Å². The highest BCUT2D eigenvalue weighted by Crippen LogP contribution is 2.20. The average molecular weight is 253 g/mol. The largest absolute Gasteiger partial charge is 0.312 e. The molecule has 0 bridgehead atoms. The number of rotatable bonds is 6. The van der Waals surface area contributed by atoms with Crippen molar-refractivity contribution in [3.63, 3.8) is 0 Å². The molecule has 0 saturated carbocycles. The minimum absolute atomic E-state index is 0.232. The van der Waals surface area contributed by atoms with E-state index in [9.17, 15) is 0 Å². The third-order valence-electron chi connectivity index (χ3n) is 3.18. The van der Waals surface area contributed by atoms with Crippen LogP contribution in [0, 0.1) is 11.8 Å². The first-order chi connectivity index (χ1) is 7.88. The predicted molar refractivity (Wildman–Crippen MR) is 78.7 cm³/mol. The van der Waals surface area contributed by atoms with Gasteiger partial charge in [-0.15, -0.1) is 11.3 Å². The molecule has 1 unspecified atom stereocenters. The van der Waals surface area contributed by atoms with E-state index in [-0.39, 0.29) is 5.54 Å². The van der Waals surface area contributed by atoms with Crippen LogP contribution in [-0.2, 0) is 6.42 Å². The van der Waals surface area contributed by atoms with Crippen LogP contribution in [0.4, 0.5) is 0 Å². The average Bonchev–Trinajstić information content (AvgIpc) is 2.68. The maximum Gasteiger partial charge on any atom is 0.00966 e. The monoisotopic (exact) mass is 253 g/mol. The molecule has 0 aliphatic rings. The molecule has 0 aromatic carbocycles. The summed E-state index contributed by atoms with van der Waals surface area (Å²) in [5.41, 5.74) is 0.232. The lowest BCUT2D eigenvalue weighted by atomic mass is 9.90. The fraction of sp³-hybridized carbons (Fsp3) is 0.733. The zero-order chi connectivity index (χ0) is 12.9. The van der Waals surface area contributed by atoms with Crippen LogP contribution >= 0.6 is 11.3 Å². The summed E-state index contributed by atoms with van der Waals surface area (Å²) in [6.07, 6.45) is 2.52. The van der Waals surface area contributed by atoms with Gasteiger partial charge in [0.2, 0.25) is 0 Å². The molecule has 1 atom stereocenters. The molecule has 1 aromatic heterocycles. The number of aryl methyl sites for hydroxylation is 1. The van der Waals surface area contributed by atoms with Gasteiger partial charge in [-0.2, -0.15) is 0 Å². The molecule has 0 radical (unpaired) electrons. The molecule has 1 rings (SSSR count). The van der Waals surface area contributed by atoms with E-state index in [1.165, 1.54) is 17.7 Å². The second kappa shape index (κ2) is 6.55. The summed E-state index contributed by atoms with van der Waals surface area (Å²) in [4.78, 5) is 1.52. The van der Waals surface area contributed by atoms with Crippen LogP contribution in [0.3, 0.4) is 0 Å². The van der Waals surface area contributed by atoms with Gasteiger partial charge in [0.1, 0.15) is 0 Å². The Morgan fingerprint density at radius 3 is 2.47 bits per heavy atom. The molecule has 0 aliphatic heterocycles. The molecule has 0 aliphatic carbocycles. The van der Waals surface area contributed by atoms with Crippen molar-refractivity contribution < 1.29 is 0 Å². The normalized spacial score (nSPS) is 14.2. The van der Waals surface area contributed by atoms with Crippen molar-refractivity contribution in [2.24, 2.45) is 11.8 Å². The molecule has 0 spiro atoms. The molecule has 17 heavy (non-hydrogen) atoms. The molecular formula is C15H27NS. The van der Waals surface area contributed by atoms with E-state index in [0.717, 1.165) is 18.4 Å². The van der Waals surface area contributed by atoms with E-state index < -0.39 is 0 Å². The molecule has 1 heterocycles. The highest BCUT2D eigenvalue weighted by atomic mass is 32.1. The molecule has 0 fully saturated rings. The number of nitrogens with one attached hydrogen (secondary N) is 1. The maximum atomic E-state index is 3.64. The van der Waals surface area contributed by atoms with Crippen molar-refractivity contribution in [2.45, 2.75) is 53.0 Å². The van der Waals surface area contributed by atoms with Gasteiger partial charge in [-0.1, -0.05) is 19.9 Å². The number of hydrogen-bond acceptors (Lipinski definition) is 2. The van der Waals surface area contributed by atoms with Crippen LogP contribution in [0.1, 0.15) is 45.9 Å². The van der Waals surface area contributed by atoms with Crippen molar-refractivity contribution in [3.05, 3.63) is 22.4 Å². The molecule has 0 amide bonds. The molecular weight excluding hydrogens is 226 g/mol. The number of hydrogen-bond donors (Lipinski definition) is 1. The smallest absolute Gasteiger partial charge is 0.00966 e. The van der Waals surface area contributed by atoms with Crippen LogP contribution in [0.2, 0.25) is 0 Å². The van der Waals surface area contributed by atoms with Gasteiger partial charge >= 0.3 is 0 Å². The summed E-state index contributed by atoms with van der Waals surface area (Å²) in [6.45, 7) is 12.5. The summed E-state index contributed by atoms with van der Waals surface area (Å²) in [5, 5.41) is 5.81. The number of thiophene rings is 1. The summed E-state index contributed by atoms with van der Waals surface area (Å²) in [6, 6.07) is 4.40. The summed E-state index contributed by atoms with van der Waals surface area (Å²) in [7, 11) is 0. The van der Waals surface area contributed by atoms with Gasteiger partial charge < -0.3 is 5.32 Å². The van der Waals surface area contributed by atoms with Gasteiger partial charge in [0.05, 0.1) is 0 Å². The van der Waals surface area contributed by atoms with Crippen molar-refractivity contribution in [3.8, 4) is 0 Å². The van der Waals surface area contributed by atoms with E-state index in [2.05, 4.69) is 57.4 Å². The predicted octanol–water partition coefficient (Wildman–Crippen LogP) is 4.34. The standard InChI is InChI=1S/C15H27NS/c1-12(2)13(11-16-15(3,4)5)8-9-14-7-6-10-17-14/h6-7,10,12-13,16H,8-9,11H2,1-5H3. The topological polar surface area (TPSA) is 12.0 Å². The minimum atomic E-state index is 0.232. The second-order valence-corrected chi connectivity index (χ2v) is 7.29. The SMILES string of the molecule is CC(C)C(CCc1cccs1)CNC(C)(C)C. The fourth-order valence-corrected chi connectivity index (χ4v) is 2.62. The lowest BCUT2D eigenvalue weighted by Crippen LogP contribution is -2.40. The molecule has 0 saturated heterocycles. The van der Waals surface area contributed by atoms with Gasteiger partial charge in [0.15, 0.2) is 0 Å². The molecule has 2 heteroatoms. The minimum Gasteiger partial charge on any atom is -0.312 e. The fourth-order valence-electron chi connectivity index (χ4n) is 1.89. The summed E-state index contributed by atoms with van der Waals surface area (Å²) >= 11 is 1.88. The summed E-state index contributed by atoms with van der Waals surface area (Å²) in [5.74, 6) is 1.53. The molecule has 1 nitrogen and oxygen atoms in total. The third-order valence-corrected chi connectivity index (χ3v) is 4.12. The summed E-state index contributed by atoms with van der Waals surface area (Å²) < 4.78 is 0. The Morgan fingerprint density at radius 2 is 2.00 bits per heavy atom. The van der Waals surface area contributed by atoms with E-state index >= 15 is 0 Å². The highest BCUT2D eigenvalue weighted by molar-refractivity contribution is 7.09. The Bertz CT molecular complexity index is 295. The zero-order valence-electron chi connectivity index (χ0n) is 11.9. The van der Waals surface area contributed by atoms with Crippen LogP contribution in [-0.4, -0.2) is 12.1 Å². The van der Waals surface area contributed by atoms with Gasteiger partial charge in [-0.05, 0) is 63.4 Å². The first-order valence-corrected chi connectivity index (χ1v) is 7.54. The van der Waals surface area contributed by atoms with Crippen LogP contribution < -0.4 is 5.32 Å². The Kier molecular flexibility index (Phi) is 5.68. The van der Waals surface area contributed by atoms with Crippen LogP contribution in [0.15, 0.2) is 17.5 Å².